The van der Waals surface area contributed by atoms with E-state index in [-0.39, 0.29) is 18.6 Å². The highest BCUT2D eigenvalue weighted by atomic mass is 16.5. The number of carbonyl (C=O) groups is 2. The third-order valence-electron chi connectivity index (χ3n) is 2.47. The van der Waals surface area contributed by atoms with Gasteiger partial charge in [0.2, 0.25) is 0 Å². The van der Waals surface area contributed by atoms with Gasteiger partial charge >= 0.3 is 5.97 Å². The minimum absolute atomic E-state index is 0.0871. The minimum atomic E-state index is -1.02. The lowest BCUT2D eigenvalue weighted by Crippen LogP contribution is -2.38. The zero-order valence-corrected chi connectivity index (χ0v) is 12.0. The maximum Gasteiger partial charge on any atom is 0.328 e. The Balaban J connectivity index is 2.50. The molecule has 0 aliphatic heterocycles. The van der Waals surface area contributed by atoms with Crippen molar-refractivity contribution in [3.63, 3.8) is 0 Å². The summed E-state index contributed by atoms with van der Waals surface area (Å²) in [6, 6.07) is 6.74. The van der Waals surface area contributed by atoms with Gasteiger partial charge in [-0.05, 0) is 30.7 Å². The molecule has 0 aliphatic rings. The summed E-state index contributed by atoms with van der Waals surface area (Å²) in [7, 11) is 1.56. The van der Waals surface area contributed by atoms with Crippen molar-refractivity contribution in [2.45, 2.75) is 13.0 Å². The van der Waals surface area contributed by atoms with Gasteiger partial charge in [0.1, 0.15) is 5.75 Å². The molecular formula is C15H19NO5. The van der Waals surface area contributed by atoms with Crippen LogP contribution in [0, 0.1) is 0 Å². The van der Waals surface area contributed by atoms with Gasteiger partial charge in [-0.1, -0.05) is 12.1 Å². The SMILES string of the molecule is COCC(C)NC(=O)COc1cccc(C=CC(=O)O)c1. The van der Waals surface area contributed by atoms with Crippen LogP contribution in [0.2, 0.25) is 0 Å². The highest BCUT2D eigenvalue weighted by molar-refractivity contribution is 5.85. The third-order valence-corrected chi connectivity index (χ3v) is 2.47. The van der Waals surface area contributed by atoms with Gasteiger partial charge in [0.15, 0.2) is 6.61 Å². The predicted molar refractivity (Wildman–Crippen MR) is 78.1 cm³/mol. The normalized spacial score (nSPS) is 12.1. The number of carboxylic acid groups (broad SMARTS) is 1. The quantitative estimate of drug-likeness (QED) is 0.706. The summed E-state index contributed by atoms with van der Waals surface area (Å²) in [4.78, 5) is 22.1. The maximum atomic E-state index is 11.6. The van der Waals surface area contributed by atoms with Crippen LogP contribution < -0.4 is 10.1 Å². The van der Waals surface area contributed by atoms with Crippen molar-refractivity contribution in [1.29, 1.82) is 0 Å². The van der Waals surface area contributed by atoms with Gasteiger partial charge in [-0.25, -0.2) is 4.79 Å². The van der Waals surface area contributed by atoms with E-state index in [1.165, 1.54) is 6.08 Å². The largest absolute Gasteiger partial charge is 0.484 e. The number of hydrogen-bond donors (Lipinski definition) is 2. The summed E-state index contributed by atoms with van der Waals surface area (Å²) in [5.41, 5.74) is 0.683. The molecular weight excluding hydrogens is 274 g/mol. The summed E-state index contributed by atoms with van der Waals surface area (Å²) in [6.45, 7) is 2.15. The van der Waals surface area contributed by atoms with Crippen molar-refractivity contribution in [3.05, 3.63) is 35.9 Å². The lowest BCUT2D eigenvalue weighted by molar-refractivity contribution is -0.131. The molecule has 1 amide bonds. The Hall–Kier alpha value is -2.34. The molecule has 0 spiro atoms. The average Bonchev–Trinajstić information content (AvgIpc) is 2.43. The number of amides is 1. The van der Waals surface area contributed by atoms with E-state index in [0.717, 1.165) is 6.08 Å². The molecule has 0 fully saturated rings. The van der Waals surface area contributed by atoms with E-state index in [0.29, 0.717) is 17.9 Å². The molecule has 0 aromatic heterocycles. The van der Waals surface area contributed by atoms with Gasteiger partial charge in [-0.3, -0.25) is 4.79 Å². The summed E-state index contributed by atoms with van der Waals surface area (Å²) < 4.78 is 10.3. The molecule has 6 heteroatoms. The predicted octanol–water partition coefficient (Wildman–Crippen LogP) is 1.31. The average molecular weight is 293 g/mol. The van der Waals surface area contributed by atoms with Crippen LogP contribution in [0.5, 0.6) is 5.75 Å². The first-order chi connectivity index (χ1) is 10.0. The number of nitrogens with one attached hydrogen (secondary N) is 1. The molecule has 0 aliphatic carbocycles. The van der Waals surface area contributed by atoms with E-state index in [1.54, 1.807) is 31.4 Å². The number of aliphatic carboxylic acids is 1. The smallest absolute Gasteiger partial charge is 0.328 e. The second-order valence-corrected chi connectivity index (χ2v) is 4.46. The van der Waals surface area contributed by atoms with Gasteiger partial charge in [0.05, 0.1) is 6.61 Å². The van der Waals surface area contributed by atoms with E-state index in [1.807, 2.05) is 6.92 Å². The van der Waals surface area contributed by atoms with E-state index in [4.69, 9.17) is 14.6 Å². The van der Waals surface area contributed by atoms with Crippen molar-refractivity contribution in [1.82, 2.24) is 5.32 Å². The standard InChI is InChI=1S/C15H19NO5/c1-11(9-20-2)16-14(17)10-21-13-5-3-4-12(8-13)6-7-15(18)19/h3-8,11H,9-10H2,1-2H3,(H,16,17)(H,18,19). The Kier molecular flexibility index (Phi) is 6.97. The molecule has 0 saturated carbocycles. The second kappa shape index (κ2) is 8.76. The van der Waals surface area contributed by atoms with Gasteiger partial charge in [0.25, 0.3) is 5.91 Å². The van der Waals surface area contributed by atoms with Gasteiger partial charge < -0.3 is 19.9 Å². The summed E-state index contributed by atoms with van der Waals surface area (Å²) >= 11 is 0. The van der Waals surface area contributed by atoms with E-state index < -0.39 is 5.97 Å². The Morgan fingerprint density at radius 2 is 2.19 bits per heavy atom. The molecule has 0 bridgehead atoms. The number of ether oxygens (including phenoxy) is 2. The Labute approximate surface area is 123 Å². The third kappa shape index (κ3) is 7.12. The van der Waals surface area contributed by atoms with Crippen LogP contribution in [0.1, 0.15) is 12.5 Å². The molecule has 1 rings (SSSR count). The van der Waals surface area contributed by atoms with Crippen molar-refractivity contribution in [3.8, 4) is 5.75 Å². The van der Waals surface area contributed by atoms with E-state index in [2.05, 4.69) is 5.32 Å². The van der Waals surface area contributed by atoms with Crippen molar-refractivity contribution >= 4 is 18.0 Å². The van der Waals surface area contributed by atoms with Crippen LogP contribution >= 0.6 is 0 Å². The van der Waals surface area contributed by atoms with E-state index >= 15 is 0 Å². The molecule has 21 heavy (non-hydrogen) atoms. The van der Waals surface area contributed by atoms with Gasteiger partial charge in [-0.15, -0.1) is 0 Å². The van der Waals surface area contributed by atoms with Gasteiger partial charge in [0, 0.05) is 19.2 Å². The summed E-state index contributed by atoms with van der Waals surface area (Å²) in [5, 5.41) is 11.3. The maximum absolute atomic E-state index is 11.6. The number of carboxylic acids is 1. The number of rotatable bonds is 8. The molecule has 6 nitrogen and oxygen atoms in total. The zero-order valence-electron chi connectivity index (χ0n) is 12.0. The molecule has 0 heterocycles. The first-order valence-electron chi connectivity index (χ1n) is 6.43. The lowest BCUT2D eigenvalue weighted by Gasteiger charge is -2.13. The van der Waals surface area contributed by atoms with Gasteiger partial charge in [-0.2, -0.15) is 0 Å². The fraction of sp³-hybridized carbons (Fsp3) is 0.333. The van der Waals surface area contributed by atoms with Crippen molar-refractivity contribution in [2.75, 3.05) is 20.3 Å². The Bertz CT molecular complexity index is 513. The topological polar surface area (TPSA) is 84.9 Å². The van der Waals surface area contributed by atoms with Crippen LogP contribution in [0.25, 0.3) is 6.08 Å². The lowest BCUT2D eigenvalue weighted by atomic mass is 10.2. The van der Waals surface area contributed by atoms with Crippen molar-refractivity contribution in [2.24, 2.45) is 0 Å². The van der Waals surface area contributed by atoms with E-state index in [9.17, 15) is 9.59 Å². The molecule has 1 unspecified atom stereocenters. The Morgan fingerprint density at radius 1 is 1.43 bits per heavy atom. The summed E-state index contributed by atoms with van der Waals surface area (Å²) in [6.07, 6.45) is 2.49. The summed E-state index contributed by atoms with van der Waals surface area (Å²) in [5.74, 6) is -0.768. The molecule has 1 atom stereocenters. The molecule has 114 valence electrons. The fourth-order valence-electron chi connectivity index (χ4n) is 1.63. The fourth-order valence-corrected chi connectivity index (χ4v) is 1.63. The first kappa shape index (κ1) is 16.7. The number of benzene rings is 1. The van der Waals surface area contributed by atoms with Crippen LogP contribution in [-0.2, 0) is 14.3 Å². The van der Waals surface area contributed by atoms with Crippen LogP contribution in [0.15, 0.2) is 30.3 Å². The van der Waals surface area contributed by atoms with Crippen LogP contribution in [0.3, 0.4) is 0 Å². The Morgan fingerprint density at radius 3 is 2.86 bits per heavy atom. The first-order valence-corrected chi connectivity index (χ1v) is 6.43. The highest BCUT2D eigenvalue weighted by Gasteiger charge is 2.07. The van der Waals surface area contributed by atoms with Crippen molar-refractivity contribution < 1.29 is 24.2 Å². The molecule has 0 saturated heterocycles. The molecule has 1 aromatic rings. The minimum Gasteiger partial charge on any atom is -0.484 e. The number of carbonyl (C=O) groups excluding carboxylic acids is 1. The highest BCUT2D eigenvalue weighted by Crippen LogP contribution is 2.14. The monoisotopic (exact) mass is 293 g/mol. The second-order valence-electron chi connectivity index (χ2n) is 4.46. The molecule has 2 N–H and O–H groups in total. The van der Waals surface area contributed by atoms with Crippen LogP contribution in [0.4, 0.5) is 0 Å². The molecule has 0 radical (unpaired) electrons. The van der Waals surface area contributed by atoms with Crippen LogP contribution in [-0.4, -0.2) is 43.3 Å². The number of hydrogen-bond acceptors (Lipinski definition) is 4. The number of methoxy groups -OCH3 is 1. The molecule has 1 aromatic carbocycles. The zero-order chi connectivity index (χ0) is 15.7.